The highest BCUT2D eigenvalue weighted by Crippen LogP contribution is 2.16. The van der Waals surface area contributed by atoms with Crippen LogP contribution in [0.25, 0.3) is 0 Å². The Balaban J connectivity index is 1.95. The number of nitrogens with one attached hydrogen (secondary N) is 1. The van der Waals surface area contributed by atoms with Gasteiger partial charge in [0.25, 0.3) is 0 Å². The van der Waals surface area contributed by atoms with Gasteiger partial charge in [0.2, 0.25) is 0 Å². The highest BCUT2D eigenvalue weighted by molar-refractivity contribution is 5.16. The minimum Gasteiger partial charge on any atom is -0.313 e. The largest absolute Gasteiger partial charge is 0.313 e. The molecule has 2 nitrogen and oxygen atoms in total. The quantitative estimate of drug-likeness (QED) is 0.781. The zero-order chi connectivity index (χ0) is 14.9. The fourth-order valence-corrected chi connectivity index (χ4v) is 3.49. The average Bonchev–Trinajstić information content (AvgIpc) is 2.54. The van der Waals surface area contributed by atoms with Crippen molar-refractivity contribution in [3.05, 3.63) is 35.9 Å². The SMILES string of the molecule is CCCN(CC1CCCCN1)C(CC)Cc1ccccc1. The third-order valence-electron chi connectivity index (χ3n) is 4.68. The Kier molecular flexibility index (Phi) is 7.25. The Morgan fingerprint density at radius 1 is 1.19 bits per heavy atom. The topological polar surface area (TPSA) is 15.3 Å². The van der Waals surface area contributed by atoms with E-state index in [1.54, 1.807) is 0 Å². The highest BCUT2D eigenvalue weighted by atomic mass is 15.2. The van der Waals surface area contributed by atoms with Gasteiger partial charge in [0.1, 0.15) is 0 Å². The van der Waals surface area contributed by atoms with Crippen LogP contribution >= 0.6 is 0 Å². The molecule has 21 heavy (non-hydrogen) atoms. The highest BCUT2D eigenvalue weighted by Gasteiger charge is 2.21. The fraction of sp³-hybridized carbons (Fsp3) is 0.684. The maximum Gasteiger partial charge on any atom is 0.0195 e. The van der Waals surface area contributed by atoms with Gasteiger partial charge in [-0.3, -0.25) is 4.90 Å². The van der Waals surface area contributed by atoms with Crippen molar-refractivity contribution >= 4 is 0 Å². The summed E-state index contributed by atoms with van der Waals surface area (Å²) in [6.45, 7) is 8.30. The predicted octanol–water partition coefficient (Wildman–Crippen LogP) is 3.86. The van der Waals surface area contributed by atoms with Crippen LogP contribution in [0.5, 0.6) is 0 Å². The minimum atomic E-state index is 0.677. The van der Waals surface area contributed by atoms with E-state index in [1.165, 1.54) is 63.7 Å². The lowest BCUT2D eigenvalue weighted by Gasteiger charge is -2.35. The molecule has 0 aromatic heterocycles. The summed E-state index contributed by atoms with van der Waals surface area (Å²) in [6.07, 6.45) is 7.77. The Morgan fingerprint density at radius 3 is 2.62 bits per heavy atom. The van der Waals surface area contributed by atoms with Gasteiger partial charge < -0.3 is 5.32 Å². The molecule has 1 aliphatic heterocycles. The first kappa shape index (κ1) is 16.5. The first-order valence-corrected chi connectivity index (χ1v) is 8.84. The second-order valence-corrected chi connectivity index (χ2v) is 6.39. The van der Waals surface area contributed by atoms with E-state index in [2.05, 4.69) is 54.4 Å². The summed E-state index contributed by atoms with van der Waals surface area (Å²) in [5, 5.41) is 3.71. The third-order valence-corrected chi connectivity index (χ3v) is 4.68. The van der Waals surface area contributed by atoms with Crippen LogP contribution in [0.2, 0.25) is 0 Å². The molecule has 118 valence electrons. The molecule has 1 saturated heterocycles. The lowest BCUT2D eigenvalue weighted by molar-refractivity contribution is 0.160. The first-order valence-electron chi connectivity index (χ1n) is 8.84. The molecule has 0 saturated carbocycles. The van der Waals surface area contributed by atoms with Crippen molar-refractivity contribution in [2.45, 2.75) is 64.5 Å². The molecule has 1 aromatic carbocycles. The van der Waals surface area contributed by atoms with Gasteiger partial charge in [0, 0.05) is 18.6 Å². The Hall–Kier alpha value is -0.860. The second-order valence-electron chi connectivity index (χ2n) is 6.39. The van der Waals surface area contributed by atoms with Crippen LogP contribution in [-0.4, -0.2) is 36.6 Å². The smallest absolute Gasteiger partial charge is 0.0195 e. The second kappa shape index (κ2) is 9.22. The van der Waals surface area contributed by atoms with Gasteiger partial charge in [-0.25, -0.2) is 0 Å². The van der Waals surface area contributed by atoms with E-state index in [1.807, 2.05) is 0 Å². The number of hydrogen-bond donors (Lipinski definition) is 1. The van der Waals surface area contributed by atoms with Gasteiger partial charge in [-0.2, -0.15) is 0 Å². The molecule has 0 aliphatic carbocycles. The van der Waals surface area contributed by atoms with Crippen molar-refractivity contribution in [3.63, 3.8) is 0 Å². The third kappa shape index (κ3) is 5.44. The van der Waals surface area contributed by atoms with Crippen LogP contribution in [0, 0.1) is 0 Å². The Bertz CT molecular complexity index is 370. The summed E-state index contributed by atoms with van der Waals surface area (Å²) < 4.78 is 0. The maximum absolute atomic E-state index is 3.71. The summed E-state index contributed by atoms with van der Waals surface area (Å²) in [5.41, 5.74) is 1.47. The zero-order valence-electron chi connectivity index (χ0n) is 13.9. The van der Waals surface area contributed by atoms with E-state index >= 15 is 0 Å². The molecule has 0 spiro atoms. The van der Waals surface area contributed by atoms with Crippen molar-refractivity contribution in [2.75, 3.05) is 19.6 Å². The van der Waals surface area contributed by atoms with Gasteiger partial charge in [-0.1, -0.05) is 50.6 Å². The predicted molar refractivity (Wildman–Crippen MR) is 91.7 cm³/mol. The maximum atomic E-state index is 3.71. The molecule has 1 fully saturated rings. The molecule has 2 rings (SSSR count). The van der Waals surface area contributed by atoms with Crippen molar-refractivity contribution in [3.8, 4) is 0 Å². The van der Waals surface area contributed by atoms with Gasteiger partial charge >= 0.3 is 0 Å². The molecule has 2 unspecified atom stereocenters. The molecule has 0 bridgehead atoms. The summed E-state index contributed by atoms with van der Waals surface area (Å²) >= 11 is 0. The average molecular weight is 288 g/mol. The van der Waals surface area contributed by atoms with Gasteiger partial charge in [-0.15, -0.1) is 0 Å². The molecule has 1 N–H and O–H groups in total. The fourth-order valence-electron chi connectivity index (χ4n) is 3.49. The summed E-state index contributed by atoms with van der Waals surface area (Å²) in [6, 6.07) is 12.4. The molecule has 1 aliphatic rings. The number of piperidine rings is 1. The van der Waals surface area contributed by atoms with Crippen LogP contribution in [-0.2, 0) is 6.42 Å². The molecule has 0 radical (unpaired) electrons. The van der Waals surface area contributed by atoms with Gasteiger partial charge in [0.05, 0.1) is 0 Å². The monoisotopic (exact) mass is 288 g/mol. The van der Waals surface area contributed by atoms with E-state index in [9.17, 15) is 0 Å². The van der Waals surface area contributed by atoms with Gasteiger partial charge in [0.15, 0.2) is 0 Å². The molecule has 2 atom stereocenters. The van der Waals surface area contributed by atoms with Crippen molar-refractivity contribution in [1.29, 1.82) is 0 Å². The van der Waals surface area contributed by atoms with Crippen LogP contribution < -0.4 is 5.32 Å². The Labute approximate surface area is 130 Å². The summed E-state index contributed by atoms with van der Waals surface area (Å²) in [7, 11) is 0. The van der Waals surface area contributed by atoms with Crippen molar-refractivity contribution in [1.82, 2.24) is 10.2 Å². The van der Waals surface area contributed by atoms with E-state index in [0.29, 0.717) is 12.1 Å². The van der Waals surface area contributed by atoms with E-state index in [0.717, 1.165) is 0 Å². The lowest BCUT2D eigenvalue weighted by atomic mass is 9.99. The number of hydrogen-bond acceptors (Lipinski definition) is 2. The molecule has 0 amide bonds. The zero-order valence-corrected chi connectivity index (χ0v) is 13.9. The molecule has 2 heteroatoms. The molecule has 1 heterocycles. The number of nitrogens with zero attached hydrogens (tertiary/aromatic N) is 1. The first-order chi connectivity index (χ1) is 10.3. The van der Waals surface area contributed by atoms with Crippen LogP contribution in [0.3, 0.4) is 0 Å². The van der Waals surface area contributed by atoms with Crippen molar-refractivity contribution < 1.29 is 0 Å². The van der Waals surface area contributed by atoms with Crippen LogP contribution in [0.15, 0.2) is 30.3 Å². The summed E-state index contributed by atoms with van der Waals surface area (Å²) in [5.74, 6) is 0. The van der Waals surface area contributed by atoms with Gasteiger partial charge in [-0.05, 0) is 50.8 Å². The lowest BCUT2D eigenvalue weighted by Crippen LogP contribution is -2.48. The van der Waals surface area contributed by atoms with E-state index < -0.39 is 0 Å². The van der Waals surface area contributed by atoms with Crippen LogP contribution in [0.4, 0.5) is 0 Å². The number of rotatable bonds is 8. The Morgan fingerprint density at radius 2 is 2.00 bits per heavy atom. The summed E-state index contributed by atoms with van der Waals surface area (Å²) in [4.78, 5) is 2.73. The normalized spacial score (nSPS) is 20.6. The van der Waals surface area contributed by atoms with E-state index in [-0.39, 0.29) is 0 Å². The van der Waals surface area contributed by atoms with E-state index in [4.69, 9.17) is 0 Å². The molecular formula is C19H32N2. The minimum absolute atomic E-state index is 0.677. The van der Waals surface area contributed by atoms with Crippen molar-refractivity contribution in [2.24, 2.45) is 0 Å². The number of benzene rings is 1. The van der Waals surface area contributed by atoms with Crippen LogP contribution in [0.1, 0.15) is 51.5 Å². The molecular weight excluding hydrogens is 256 g/mol. The molecule has 1 aromatic rings. The standard InChI is InChI=1S/C19H32N2/c1-3-14-21(16-18-12-8-9-13-20-18)19(4-2)15-17-10-6-5-7-11-17/h5-7,10-11,18-20H,3-4,8-9,12-16H2,1-2H3.